The Hall–Kier alpha value is -1.15. The highest BCUT2D eigenvalue weighted by Crippen LogP contribution is 2.21. The molecule has 0 aromatic heterocycles. The molecule has 0 saturated carbocycles. The SMILES string of the molecule is CCC(C)(C)C(=O)OCC(=O)OCCS(=O)(=O)O. The van der Waals surface area contributed by atoms with Crippen molar-refractivity contribution in [3.8, 4) is 0 Å². The van der Waals surface area contributed by atoms with Crippen molar-refractivity contribution in [3.05, 3.63) is 0 Å². The van der Waals surface area contributed by atoms with Crippen molar-refractivity contribution in [1.82, 2.24) is 0 Å². The number of ether oxygens (including phenoxy) is 2. The fourth-order valence-corrected chi connectivity index (χ4v) is 1.06. The molecule has 0 unspecified atom stereocenters. The molecule has 0 spiro atoms. The predicted octanol–water partition coefficient (Wildman–Crippen LogP) is 0.397. The number of esters is 2. The number of hydrogen-bond donors (Lipinski definition) is 1. The molecule has 0 aliphatic rings. The van der Waals surface area contributed by atoms with Crippen LogP contribution in [-0.2, 0) is 29.2 Å². The molecule has 106 valence electrons. The lowest BCUT2D eigenvalue weighted by Gasteiger charge is -2.19. The van der Waals surface area contributed by atoms with Crippen LogP contribution in [0.2, 0.25) is 0 Å². The zero-order chi connectivity index (χ0) is 14.4. The molecule has 8 heteroatoms. The van der Waals surface area contributed by atoms with E-state index in [2.05, 4.69) is 4.74 Å². The first-order valence-electron chi connectivity index (χ1n) is 5.36. The van der Waals surface area contributed by atoms with Crippen molar-refractivity contribution in [2.45, 2.75) is 27.2 Å². The van der Waals surface area contributed by atoms with Gasteiger partial charge in [-0.05, 0) is 20.3 Å². The Kier molecular flexibility index (Phi) is 6.27. The van der Waals surface area contributed by atoms with E-state index in [0.29, 0.717) is 6.42 Å². The van der Waals surface area contributed by atoms with Gasteiger partial charge in [-0.2, -0.15) is 8.42 Å². The Labute approximate surface area is 106 Å². The minimum Gasteiger partial charge on any atom is -0.462 e. The molecular formula is C10H18O7S. The zero-order valence-corrected chi connectivity index (χ0v) is 11.4. The van der Waals surface area contributed by atoms with Crippen molar-refractivity contribution in [3.63, 3.8) is 0 Å². The van der Waals surface area contributed by atoms with Crippen molar-refractivity contribution in [2.24, 2.45) is 5.41 Å². The topological polar surface area (TPSA) is 107 Å². The number of hydrogen-bond acceptors (Lipinski definition) is 6. The zero-order valence-electron chi connectivity index (χ0n) is 10.6. The monoisotopic (exact) mass is 282 g/mol. The molecule has 0 radical (unpaired) electrons. The van der Waals surface area contributed by atoms with Crippen LogP contribution < -0.4 is 0 Å². The van der Waals surface area contributed by atoms with Crippen LogP contribution >= 0.6 is 0 Å². The minimum atomic E-state index is -4.16. The number of carbonyl (C=O) groups excluding carboxylic acids is 2. The van der Waals surface area contributed by atoms with Crippen molar-refractivity contribution in [2.75, 3.05) is 19.0 Å². The Morgan fingerprint density at radius 3 is 2.22 bits per heavy atom. The Bertz CT molecular complexity index is 396. The third-order valence-electron chi connectivity index (χ3n) is 2.36. The molecule has 0 rings (SSSR count). The second-order valence-electron chi connectivity index (χ2n) is 4.32. The van der Waals surface area contributed by atoms with Gasteiger partial charge in [-0.15, -0.1) is 0 Å². The van der Waals surface area contributed by atoms with E-state index in [4.69, 9.17) is 9.29 Å². The summed E-state index contributed by atoms with van der Waals surface area (Å²) in [4.78, 5) is 22.5. The lowest BCUT2D eigenvalue weighted by molar-refractivity contribution is -0.164. The van der Waals surface area contributed by atoms with E-state index < -0.39 is 46.4 Å². The molecular weight excluding hydrogens is 264 g/mol. The van der Waals surface area contributed by atoms with Crippen LogP contribution in [-0.4, -0.2) is 43.9 Å². The van der Waals surface area contributed by atoms with E-state index in [1.54, 1.807) is 13.8 Å². The van der Waals surface area contributed by atoms with Crippen molar-refractivity contribution in [1.29, 1.82) is 0 Å². The minimum absolute atomic E-state index is 0.480. The fourth-order valence-electron chi connectivity index (χ4n) is 0.767. The van der Waals surface area contributed by atoms with E-state index in [-0.39, 0.29) is 0 Å². The van der Waals surface area contributed by atoms with E-state index in [1.807, 2.05) is 6.92 Å². The van der Waals surface area contributed by atoms with Crippen LogP contribution in [0.1, 0.15) is 27.2 Å². The van der Waals surface area contributed by atoms with Gasteiger partial charge < -0.3 is 9.47 Å². The van der Waals surface area contributed by atoms with Crippen LogP contribution in [0.15, 0.2) is 0 Å². The van der Waals surface area contributed by atoms with Crippen LogP contribution in [0.5, 0.6) is 0 Å². The first-order chi connectivity index (χ1) is 8.08. The fraction of sp³-hybridized carbons (Fsp3) is 0.800. The highest BCUT2D eigenvalue weighted by Gasteiger charge is 2.27. The van der Waals surface area contributed by atoms with Crippen LogP contribution in [0.3, 0.4) is 0 Å². The quantitative estimate of drug-likeness (QED) is 0.532. The molecule has 7 nitrogen and oxygen atoms in total. The smallest absolute Gasteiger partial charge is 0.344 e. The first-order valence-corrected chi connectivity index (χ1v) is 6.97. The average Bonchev–Trinajstić information content (AvgIpc) is 2.24. The second-order valence-corrected chi connectivity index (χ2v) is 5.89. The van der Waals surface area contributed by atoms with Crippen LogP contribution in [0.4, 0.5) is 0 Å². The third-order valence-corrected chi connectivity index (χ3v) is 3.04. The van der Waals surface area contributed by atoms with Crippen molar-refractivity contribution < 1.29 is 32.0 Å². The summed E-state index contributed by atoms with van der Waals surface area (Å²) in [7, 11) is -4.16. The summed E-state index contributed by atoms with van der Waals surface area (Å²) in [5, 5.41) is 0. The molecule has 0 aromatic rings. The van der Waals surface area contributed by atoms with E-state index in [0.717, 1.165) is 0 Å². The van der Waals surface area contributed by atoms with Crippen LogP contribution in [0.25, 0.3) is 0 Å². The van der Waals surface area contributed by atoms with E-state index in [1.165, 1.54) is 0 Å². The van der Waals surface area contributed by atoms with Gasteiger partial charge in [0.25, 0.3) is 10.1 Å². The van der Waals surface area contributed by atoms with Crippen LogP contribution in [0, 0.1) is 5.41 Å². The van der Waals surface area contributed by atoms with Gasteiger partial charge in [-0.25, -0.2) is 4.79 Å². The average molecular weight is 282 g/mol. The highest BCUT2D eigenvalue weighted by atomic mass is 32.2. The van der Waals surface area contributed by atoms with Gasteiger partial charge in [-0.1, -0.05) is 6.92 Å². The van der Waals surface area contributed by atoms with Gasteiger partial charge in [0.1, 0.15) is 12.4 Å². The number of rotatable bonds is 7. The van der Waals surface area contributed by atoms with Crippen molar-refractivity contribution >= 4 is 22.1 Å². The summed E-state index contributed by atoms with van der Waals surface area (Å²) in [5.74, 6) is -2.08. The summed E-state index contributed by atoms with van der Waals surface area (Å²) >= 11 is 0. The van der Waals surface area contributed by atoms with Gasteiger partial charge in [0.05, 0.1) is 5.41 Å². The lowest BCUT2D eigenvalue weighted by atomic mass is 9.91. The summed E-state index contributed by atoms with van der Waals surface area (Å²) in [6.07, 6.45) is 0.559. The molecule has 18 heavy (non-hydrogen) atoms. The molecule has 0 aromatic carbocycles. The largest absolute Gasteiger partial charge is 0.462 e. The van der Waals surface area contributed by atoms with E-state index in [9.17, 15) is 18.0 Å². The Morgan fingerprint density at radius 2 is 1.78 bits per heavy atom. The first kappa shape index (κ1) is 16.9. The summed E-state index contributed by atoms with van der Waals surface area (Å²) in [6, 6.07) is 0. The molecule has 0 saturated heterocycles. The van der Waals surface area contributed by atoms with Gasteiger partial charge in [0.2, 0.25) is 0 Å². The third kappa shape index (κ3) is 7.23. The molecule has 0 aliphatic heterocycles. The normalized spacial score (nSPS) is 12.0. The maximum absolute atomic E-state index is 11.5. The van der Waals surface area contributed by atoms with Gasteiger partial charge in [0.15, 0.2) is 6.61 Å². The maximum Gasteiger partial charge on any atom is 0.344 e. The Morgan fingerprint density at radius 1 is 1.22 bits per heavy atom. The summed E-state index contributed by atoms with van der Waals surface area (Å²) in [5.41, 5.74) is -0.686. The molecule has 1 N–H and O–H groups in total. The predicted molar refractivity (Wildman–Crippen MR) is 62.4 cm³/mol. The molecule has 0 aliphatic carbocycles. The van der Waals surface area contributed by atoms with Gasteiger partial charge in [0, 0.05) is 0 Å². The molecule has 0 fully saturated rings. The van der Waals surface area contributed by atoms with Gasteiger partial charge in [-0.3, -0.25) is 9.35 Å². The lowest BCUT2D eigenvalue weighted by Crippen LogP contribution is -2.28. The summed E-state index contributed by atoms with van der Waals surface area (Å²) in [6.45, 7) is 4.11. The van der Waals surface area contributed by atoms with Gasteiger partial charge >= 0.3 is 11.9 Å². The molecule has 0 amide bonds. The maximum atomic E-state index is 11.5. The molecule has 0 heterocycles. The standard InChI is InChI=1S/C10H18O7S/c1-4-10(2,3)9(12)17-7-8(11)16-5-6-18(13,14)15/h4-7H2,1-3H3,(H,13,14,15). The molecule has 0 atom stereocenters. The summed E-state index contributed by atoms with van der Waals surface area (Å²) < 4.78 is 38.2. The number of carbonyl (C=O) groups is 2. The van der Waals surface area contributed by atoms with E-state index >= 15 is 0 Å². The Balaban J connectivity index is 3.95. The molecule has 0 bridgehead atoms. The highest BCUT2D eigenvalue weighted by molar-refractivity contribution is 7.85. The second kappa shape index (κ2) is 6.69.